The largest absolute Gasteiger partial charge is 0.405 e. The van der Waals surface area contributed by atoms with Crippen LogP contribution in [0.4, 0.5) is 13.2 Å². The molecule has 2 aromatic carbocycles. The van der Waals surface area contributed by atoms with Crippen LogP contribution >= 0.6 is 37.1 Å². The first-order chi connectivity index (χ1) is 15.2. The summed E-state index contributed by atoms with van der Waals surface area (Å²) in [7, 11) is 0. The lowest BCUT2D eigenvalue weighted by Gasteiger charge is -2.14. The monoisotopic (exact) mass is 498 g/mol. The lowest BCUT2D eigenvalue weighted by atomic mass is 10.00. The fourth-order valence-electron chi connectivity index (χ4n) is 2.36. The van der Waals surface area contributed by atoms with Gasteiger partial charge in [-0.25, -0.2) is 0 Å². The van der Waals surface area contributed by atoms with Crippen LogP contribution in [0.3, 0.4) is 0 Å². The van der Waals surface area contributed by atoms with E-state index < -0.39 is 12.7 Å². The third-order valence-electron chi connectivity index (χ3n) is 3.74. The maximum absolute atomic E-state index is 12.5. The number of rotatable bonds is 7. The Balaban J connectivity index is 2.44. The van der Waals surface area contributed by atoms with Gasteiger partial charge in [0.25, 0.3) is 0 Å². The van der Waals surface area contributed by atoms with E-state index in [0.717, 1.165) is 4.90 Å². The number of nitrogens with one attached hydrogen (secondary N) is 4. The SMILES string of the molecule is CCNC(=S)NN=C(C(=NNC(=S)NCC(F)(F)F)c1ccccc1)c1ccc(S)cc1. The van der Waals surface area contributed by atoms with E-state index in [1.807, 2.05) is 13.0 Å². The van der Waals surface area contributed by atoms with Crippen molar-refractivity contribution in [1.82, 2.24) is 21.5 Å². The number of hydrogen-bond donors (Lipinski definition) is 5. The zero-order valence-corrected chi connectivity index (χ0v) is 19.4. The molecule has 0 radical (unpaired) electrons. The van der Waals surface area contributed by atoms with Crippen molar-refractivity contribution < 1.29 is 13.2 Å². The molecule has 12 heteroatoms. The molecule has 170 valence electrons. The molecule has 0 saturated carbocycles. The number of alkyl halides is 3. The van der Waals surface area contributed by atoms with E-state index in [4.69, 9.17) is 24.4 Å². The van der Waals surface area contributed by atoms with Crippen LogP contribution in [0.1, 0.15) is 18.1 Å². The highest BCUT2D eigenvalue weighted by Gasteiger charge is 2.27. The molecule has 0 heterocycles. The van der Waals surface area contributed by atoms with Crippen LogP contribution in [0.2, 0.25) is 0 Å². The minimum Gasteiger partial charge on any atom is -0.362 e. The third kappa shape index (κ3) is 8.81. The van der Waals surface area contributed by atoms with Crippen molar-refractivity contribution in [2.75, 3.05) is 13.1 Å². The Morgan fingerprint density at radius 1 is 0.844 bits per heavy atom. The molecule has 2 aromatic rings. The highest BCUT2D eigenvalue weighted by atomic mass is 32.1. The van der Waals surface area contributed by atoms with E-state index in [1.165, 1.54) is 0 Å². The molecular weight excluding hydrogens is 477 g/mol. The molecule has 0 aromatic heterocycles. The topological polar surface area (TPSA) is 72.8 Å². The van der Waals surface area contributed by atoms with Gasteiger partial charge in [0.15, 0.2) is 10.2 Å². The van der Waals surface area contributed by atoms with Gasteiger partial charge in [-0.15, -0.1) is 12.6 Å². The second-order valence-corrected chi connectivity index (χ2v) is 7.55. The standard InChI is InChI=1S/C20H21F3N6S3/c1-2-24-18(31)28-27-17(14-8-10-15(30)11-9-14)16(13-6-4-3-5-7-13)26-29-19(32)25-12-20(21,22)23/h3-11,30H,2,12H2,1H3,(H2,24,28,31)(H2,25,29,32). The van der Waals surface area contributed by atoms with Gasteiger partial charge in [-0.1, -0.05) is 42.5 Å². The summed E-state index contributed by atoms with van der Waals surface area (Å²) < 4.78 is 37.4. The Kier molecular flexibility index (Phi) is 9.88. The first kappa shape index (κ1) is 25.6. The maximum Gasteiger partial charge on any atom is 0.405 e. The van der Waals surface area contributed by atoms with E-state index in [9.17, 15) is 13.2 Å². The normalized spacial score (nSPS) is 12.2. The summed E-state index contributed by atoms with van der Waals surface area (Å²) >= 11 is 14.4. The van der Waals surface area contributed by atoms with E-state index in [2.05, 4.69) is 44.3 Å². The predicted octanol–water partition coefficient (Wildman–Crippen LogP) is 3.59. The summed E-state index contributed by atoms with van der Waals surface area (Å²) in [5.74, 6) is 0. The summed E-state index contributed by atoms with van der Waals surface area (Å²) in [5, 5.41) is 13.7. The molecule has 0 spiro atoms. The van der Waals surface area contributed by atoms with Gasteiger partial charge in [-0.05, 0) is 43.5 Å². The molecule has 2 rings (SSSR count). The molecule has 0 unspecified atom stereocenters. The second kappa shape index (κ2) is 12.4. The molecule has 32 heavy (non-hydrogen) atoms. The van der Waals surface area contributed by atoms with E-state index in [1.54, 1.807) is 48.5 Å². The Morgan fingerprint density at radius 3 is 1.84 bits per heavy atom. The van der Waals surface area contributed by atoms with Crippen molar-refractivity contribution in [2.24, 2.45) is 10.2 Å². The van der Waals surface area contributed by atoms with Crippen LogP contribution < -0.4 is 21.5 Å². The average Bonchev–Trinajstić information content (AvgIpc) is 2.75. The molecular formula is C20H21F3N6S3. The Bertz CT molecular complexity index is 976. The maximum atomic E-state index is 12.5. The van der Waals surface area contributed by atoms with E-state index in [-0.39, 0.29) is 5.11 Å². The Morgan fingerprint density at radius 2 is 1.34 bits per heavy atom. The quantitative estimate of drug-likeness (QED) is 0.174. The van der Waals surface area contributed by atoms with Gasteiger partial charge in [0, 0.05) is 22.6 Å². The summed E-state index contributed by atoms with van der Waals surface area (Å²) in [6.45, 7) is 1.21. The zero-order chi connectivity index (χ0) is 23.6. The van der Waals surface area contributed by atoms with Crippen LogP contribution in [0.15, 0.2) is 69.7 Å². The van der Waals surface area contributed by atoms with E-state index >= 15 is 0 Å². The summed E-state index contributed by atoms with van der Waals surface area (Å²) in [6.07, 6.45) is -4.41. The molecule has 0 aliphatic rings. The number of thiocarbonyl (C=S) groups is 2. The van der Waals surface area contributed by atoms with Crippen LogP contribution in [-0.4, -0.2) is 40.9 Å². The van der Waals surface area contributed by atoms with Gasteiger partial charge in [-0.3, -0.25) is 10.9 Å². The fraction of sp³-hybridized carbons (Fsp3) is 0.200. The van der Waals surface area contributed by atoms with Crippen molar-refractivity contribution >= 4 is 58.7 Å². The van der Waals surface area contributed by atoms with Gasteiger partial charge >= 0.3 is 6.18 Å². The second-order valence-electron chi connectivity index (χ2n) is 6.21. The van der Waals surface area contributed by atoms with E-state index in [0.29, 0.717) is 34.2 Å². The molecule has 0 bridgehead atoms. The van der Waals surface area contributed by atoms with Crippen molar-refractivity contribution in [3.05, 3.63) is 65.7 Å². The molecule has 0 aliphatic heterocycles. The number of hydrazone groups is 2. The molecule has 0 saturated heterocycles. The number of halogens is 3. The highest BCUT2D eigenvalue weighted by molar-refractivity contribution is 7.80. The summed E-state index contributed by atoms with van der Waals surface area (Å²) in [5.41, 5.74) is 7.28. The minimum atomic E-state index is -4.41. The predicted molar refractivity (Wildman–Crippen MR) is 132 cm³/mol. The van der Waals surface area contributed by atoms with Gasteiger partial charge in [-0.2, -0.15) is 23.4 Å². The molecule has 6 nitrogen and oxygen atoms in total. The van der Waals surface area contributed by atoms with Crippen LogP contribution in [0, 0.1) is 0 Å². The van der Waals surface area contributed by atoms with Crippen molar-refractivity contribution in [3.8, 4) is 0 Å². The Hall–Kier alpha value is -2.70. The van der Waals surface area contributed by atoms with Crippen LogP contribution in [0.25, 0.3) is 0 Å². The van der Waals surface area contributed by atoms with Gasteiger partial charge in [0.2, 0.25) is 0 Å². The summed E-state index contributed by atoms with van der Waals surface area (Å²) in [6, 6.07) is 16.1. The number of thiol groups is 1. The average molecular weight is 499 g/mol. The number of hydrogen-bond acceptors (Lipinski definition) is 5. The van der Waals surface area contributed by atoms with Gasteiger partial charge in [0.1, 0.15) is 18.0 Å². The van der Waals surface area contributed by atoms with Crippen molar-refractivity contribution in [1.29, 1.82) is 0 Å². The molecule has 0 aliphatic carbocycles. The van der Waals surface area contributed by atoms with Crippen LogP contribution in [-0.2, 0) is 0 Å². The fourth-order valence-corrected chi connectivity index (χ4v) is 2.81. The minimum absolute atomic E-state index is 0.281. The van der Waals surface area contributed by atoms with Crippen LogP contribution in [0.5, 0.6) is 0 Å². The number of nitrogens with zero attached hydrogens (tertiary/aromatic N) is 2. The molecule has 0 amide bonds. The Labute approximate surface area is 200 Å². The summed E-state index contributed by atoms with van der Waals surface area (Å²) in [4.78, 5) is 0.748. The molecule has 0 fully saturated rings. The number of benzene rings is 2. The zero-order valence-electron chi connectivity index (χ0n) is 16.9. The van der Waals surface area contributed by atoms with Crippen molar-refractivity contribution in [3.63, 3.8) is 0 Å². The first-order valence-electron chi connectivity index (χ1n) is 9.34. The molecule has 0 atom stereocenters. The lowest BCUT2D eigenvalue weighted by Crippen LogP contribution is -2.39. The highest BCUT2D eigenvalue weighted by Crippen LogP contribution is 2.14. The third-order valence-corrected chi connectivity index (χ3v) is 4.51. The van der Waals surface area contributed by atoms with Gasteiger partial charge < -0.3 is 10.6 Å². The molecule has 4 N–H and O–H groups in total. The first-order valence-corrected chi connectivity index (χ1v) is 10.6. The van der Waals surface area contributed by atoms with Crippen molar-refractivity contribution in [2.45, 2.75) is 18.0 Å². The lowest BCUT2D eigenvalue weighted by molar-refractivity contribution is -0.122. The van der Waals surface area contributed by atoms with Gasteiger partial charge in [0.05, 0.1) is 0 Å². The smallest absolute Gasteiger partial charge is 0.362 e.